The van der Waals surface area contributed by atoms with Crippen LogP contribution in [-0.2, 0) is 14.3 Å². The molecule has 2 N–H and O–H groups in total. The summed E-state index contributed by atoms with van der Waals surface area (Å²) in [4.78, 5) is 50.5. The van der Waals surface area contributed by atoms with Gasteiger partial charge in [0.05, 0.1) is 42.2 Å². The third-order valence-corrected chi connectivity index (χ3v) is 7.67. The molecule has 2 fully saturated rings. The molecule has 5 heterocycles. The molecule has 0 saturated carbocycles. The Balaban J connectivity index is 1.04. The molecule has 11 nitrogen and oxygen atoms in total. The summed E-state index contributed by atoms with van der Waals surface area (Å²) in [6.45, 7) is 2.09. The Morgan fingerprint density at radius 3 is 2.92 bits per heavy atom. The van der Waals surface area contributed by atoms with Gasteiger partial charge >= 0.3 is 6.09 Å². The van der Waals surface area contributed by atoms with E-state index in [-0.39, 0.29) is 23.8 Å². The van der Waals surface area contributed by atoms with Crippen LogP contribution in [0, 0.1) is 5.92 Å². The lowest BCUT2D eigenvalue weighted by Crippen LogP contribution is -2.54. The molecule has 37 heavy (non-hydrogen) atoms. The maximum absolute atomic E-state index is 12.9. The average molecular weight is 521 g/mol. The molecule has 3 aliphatic rings. The molecule has 12 heteroatoms. The number of methoxy groups -OCH3 is 1. The van der Waals surface area contributed by atoms with E-state index in [0.717, 1.165) is 4.90 Å². The van der Waals surface area contributed by atoms with Gasteiger partial charge in [0.15, 0.2) is 0 Å². The maximum atomic E-state index is 12.9. The number of benzene rings is 1. The average Bonchev–Trinajstić information content (AvgIpc) is 3.25. The Morgan fingerprint density at radius 2 is 2.08 bits per heavy atom. The minimum atomic E-state index is -0.415. The van der Waals surface area contributed by atoms with E-state index in [0.29, 0.717) is 65.9 Å². The second-order valence-corrected chi connectivity index (χ2v) is 10.1. The first-order valence-electron chi connectivity index (χ1n) is 11.8. The van der Waals surface area contributed by atoms with Crippen LogP contribution >= 0.6 is 11.8 Å². The first kappa shape index (κ1) is 23.5. The van der Waals surface area contributed by atoms with Crippen LogP contribution in [0.5, 0.6) is 5.88 Å². The summed E-state index contributed by atoms with van der Waals surface area (Å²) in [5, 5.41) is 5.82. The Morgan fingerprint density at radius 1 is 1.22 bits per heavy atom. The quantitative estimate of drug-likeness (QED) is 0.504. The van der Waals surface area contributed by atoms with Crippen molar-refractivity contribution in [2.45, 2.75) is 11.0 Å². The number of fused-ring (bicyclic) bond motifs is 2. The van der Waals surface area contributed by atoms with E-state index >= 15 is 0 Å². The lowest BCUT2D eigenvalue weighted by molar-refractivity contribution is -0.125. The molecule has 3 amide bonds. The molecule has 2 aromatic heterocycles. The van der Waals surface area contributed by atoms with E-state index in [9.17, 15) is 14.4 Å². The summed E-state index contributed by atoms with van der Waals surface area (Å²) < 4.78 is 10.8. The van der Waals surface area contributed by atoms with Crippen LogP contribution in [0.4, 0.5) is 21.9 Å². The zero-order valence-electron chi connectivity index (χ0n) is 20.0. The van der Waals surface area contributed by atoms with Crippen molar-refractivity contribution in [3.05, 3.63) is 42.6 Å². The van der Waals surface area contributed by atoms with Crippen molar-refractivity contribution in [3.63, 3.8) is 0 Å². The molecule has 0 aliphatic carbocycles. The largest absolute Gasteiger partial charge is 0.481 e. The Labute approximate surface area is 216 Å². The van der Waals surface area contributed by atoms with Crippen molar-refractivity contribution in [1.29, 1.82) is 0 Å². The summed E-state index contributed by atoms with van der Waals surface area (Å²) in [6, 6.07) is 10.8. The fourth-order valence-electron chi connectivity index (χ4n) is 4.70. The molecule has 0 unspecified atom stereocenters. The van der Waals surface area contributed by atoms with Crippen LogP contribution in [0.1, 0.15) is 0 Å². The van der Waals surface area contributed by atoms with Crippen LogP contribution in [-0.4, -0.2) is 77.9 Å². The van der Waals surface area contributed by atoms with Crippen molar-refractivity contribution < 1.29 is 23.9 Å². The predicted octanol–water partition coefficient (Wildman–Crippen LogP) is 2.58. The number of pyridine rings is 2. The highest BCUT2D eigenvalue weighted by Gasteiger charge is 2.39. The summed E-state index contributed by atoms with van der Waals surface area (Å²) in [5.41, 5.74) is 3.23. The first-order chi connectivity index (χ1) is 18.0. The van der Waals surface area contributed by atoms with Gasteiger partial charge in [-0.1, -0.05) is 0 Å². The second kappa shape index (κ2) is 9.52. The van der Waals surface area contributed by atoms with Crippen molar-refractivity contribution in [2.75, 3.05) is 54.6 Å². The summed E-state index contributed by atoms with van der Waals surface area (Å²) >= 11 is 1.47. The number of ether oxygens (including phenoxy) is 2. The Bertz CT molecular complexity index is 1410. The van der Waals surface area contributed by atoms with Crippen LogP contribution in [0.25, 0.3) is 11.0 Å². The minimum Gasteiger partial charge on any atom is -0.481 e. The molecule has 0 bridgehead atoms. The molecule has 3 aromatic rings. The standard InChI is InChI=1S/C25H24N6O5S/c1-35-22-5-3-17-23(29-22)18(6-7-26-17)28-24(33)14-9-30(10-14)11-16-12-31(25(34)36-16)15-2-4-20-19(8-15)27-21(32)13-37-20/h2-8,14,16H,9-13H2,1H3,(H,27,32)(H,26,28,33)/t16-/m1/s1. The smallest absolute Gasteiger partial charge is 0.414 e. The maximum Gasteiger partial charge on any atom is 0.414 e. The van der Waals surface area contributed by atoms with E-state index in [1.807, 2.05) is 12.1 Å². The number of nitrogens with zero attached hydrogens (tertiary/aromatic N) is 4. The van der Waals surface area contributed by atoms with Gasteiger partial charge in [0.1, 0.15) is 11.6 Å². The van der Waals surface area contributed by atoms with Gasteiger partial charge in [-0.3, -0.25) is 24.4 Å². The van der Waals surface area contributed by atoms with Gasteiger partial charge in [-0.25, -0.2) is 9.78 Å². The lowest BCUT2D eigenvalue weighted by Gasteiger charge is -2.39. The monoisotopic (exact) mass is 520 g/mol. The molecule has 0 radical (unpaired) electrons. The van der Waals surface area contributed by atoms with E-state index in [1.54, 1.807) is 35.4 Å². The second-order valence-electron chi connectivity index (χ2n) is 9.12. The Kier molecular flexibility index (Phi) is 6.05. The number of aromatic nitrogens is 2. The zero-order chi connectivity index (χ0) is 25.5. The molecule has 1 aromatic carbocycles. The van der Waals surface area contributed by atoms with Gasteiger partial charge < -0.3 is 20.1 Å². The number of hydrogen-bond acceptors (Lipinski definition) is 9. The fourth-order valence-corrected chi connectivity index (χ4v) is 5.48. The number of amides is 3. The molecule has 3 aliphatic heterocycles. The van der Waals surface area contributed by atoms with E-state index < -0.39 is 6.09 Å². The highest BCUT2D eigenvalue weighted by atomic mass is 32.2. The number of carbonyl (C=O) groups is 3. The van der Waals surface area contributed by atoms with E-state index in [1.165, 1.54) is 18.9 Å². The SMILES string of the molecule is COc1ccc2nccc(NC(=O)C3CN(C[C@@H]4CN(c5ccc6c(c5)NC(=O)CS6)C(=O)O4)C3)c2n1. The topological polar surface area (TPSA) is 126 Å². The number of anilines is 3. The molecule has 1 atom stereocenters. The highest BCUT2D eigenvalue weighted by molar-refractivity contribution is 8.00. The molecule has 2 saturated heterocycles. The predicted molar refractivity (Wildman–Crippen MR) is 138 cm³/mol. The number of nitrogens with one attached hydrogen (secondary N) is 2. The molecular formula is C25H24N6O5S. The normalized spacial score (nSPS) is 19.7. The van der Waals surface area contributed by atoms with Gasteiger partial charge in [0, 0.05) is 42.5 Å². The number of thioether (sulfide) groups is 1. The van der Waals surface area contributed by atoms with Crippen LogP contribution < -0.4 is 20.3 Å². The number of cyclic esters (lactones) is 1. The van der Waals surface area contributed by atoms with Crippen molar-refractivity contribution in [1.82, 2.24) is 14.9 Å². The zero-order valence-corrected chi connectivity index (χ0v) is 20.8. The lowest BCUT2D eigenvalue weighted by atomic mass is 9.98. The third kappa shape index (κ3) is 4.65. The van der Waals surface area contributed by atoms with Crippen molar-refractivity contribution in [2.24, 2.45) is 5.92 Å². The summed E-state index contributed by atoms with van der Waals surface area (Å²) in [6.07, 6.45) is 0.911. The number of likely N-dealkylation sites (tertiary alicyclic amines) is 1. The van der Waals surface area contributed by atoms with Gasteiger partial charge in [0.2, 0.25) is 17.7 Å². The van der Waals surface area contributed by atoms with Crippen molar-refractivity contribution >= 4 is 57.8 Å². The van der Waals surface area contributed by atoms with Gasteiger partial charge in [0.25, 0.3) is 0 Å². The van der Waals surface area contributed by atoms with Gasteiger partial charge in [-0.05, 0) is 30.3 Å². The number of hydrogen-bond donors (Lipinski definition) is 2. The Hall–Kier alpha value is -3.90. The third-order valence-electron chi connectivity index (χ3n) is 6.60. The van der Waals surface area contributed by atoms with E-state index in [2.05, 4.69) is 25.5 Å². The van der Waals surface area contributed by atoms with Crippen LogP contribution in [0.2, 0.25) is 0 Å². The molecule has 6 rings (SSSR count). The summed E-state index contributed by atoms with van der Waals surface area (Å²) in [5.74, 6) is 0.516. The molecule has 190 valence electrons. The van der Waals surface area contributed by atoms with Gasteiger partial charge in [-0.2, -0.15) is 0 Å². The van der Waals surface area contributed by atoms with E-state index in [4.69, 9.17) is 9.47 Å². The number of rotatable bonds is 6. The summed E-state index contributed by atoms with van der Waals surface area (Å²) in [7, 11) is 1.54. The minimum absolute atomic E-state index is 0.0546. The first-order valence-corrected chi connectivity index (χ1v) is 12.8. The van der Waals surface area contributed by atoms with Crippen LogP contribution in [0.3, 0.4) is 0 Å². The molecular weight excluding hydrogens is 496 g/mol. The van der Waals surface area contributed by atoms with Crippen molar-refractivity contribution in [3.8, 4) is 5.88 Å². The number of carbonyl (C=O) groups excluding carboxylic acids is 3. The highest BCUT2D eigenvalue weighted by Crippen LogP contribution is 2.35. The van der Waals surface area contributed by atoms with Crippen LogP contribution in [0.15, 0.2) is 47.5 Å². The van der Waals surface area contributed by atoms with Gasteiger partial charge in [-0.15, -0.1) is 11.8 Å². The fraction of sp³-hybridized carbons (Fsp3) is 0.320. The molecule has 0 spiro atoms.